The van der Waals surface area contributed by atoms with Crippen molar-refractivity contribution in [2.45, 2.75) is 26.4 Å². The molecule has 0 radical (unpaired) electrons. The van der Waals surface area contributed by atoms with Crippen molar-refractivity contribution >= 4 is 22.3 Å². The molecule has 0 saturated carbocycles. The van der Waals surface area contributed by atoms with Crippen LogP contribution in [0.1, 0.15) is 19.5 Å². The molecule has 2 heterocycles. The zero-order valence-corrected chi connectivity index (χ0v) is 13.2. The molecule has 0 amide bonds. The minimum atomic E-state index is -0.0927. The molecule has 3 rings (SSSR count). The van der Waals surface area contributed by atoms with Gasteiger partial charge in [-0.05, 0) is 45.0 Å². The number of rotatable bonds is 2. The first-order valence-corrected chi connectivity index (χ1v) is 7.47. The Balaban J connectivity index is 2.02. The van der Waals surface area contributed by atoms with E-state index in [1.807, 2.05) is 14.0 Å². The topological polar surface area (TPSA) is 37.4 Å². The molecule has 21 heavy (non-hydrogen) atoms. The molecule has 0 unspecified atom stereocenters. The van der Waals surface area contributed by atoms with E-state index in [0.717, 1.165) is 36.6 Å². The average Bonchev–Trinajstić information content (AvgIpc) is 2.44. The number of benzene rings is 1. The van der Waals surface area contributed by atoms with Crippen LogP contribution < -0.4 is 10.2 Å². The maximum atomic E-state index is 5.80. The predicted molar refractivity (Wildman–Crippen MR) is 88.3 cm³/mol. The normalized spacial score (nSPS) is 18.0. The van der Waals surface area contributed by atoms with Gasteiger partial charge in [0.05, 0.1) is 17.7 Å². The third kappa shape index (κ3) is 2.81. The highest BCUT2D eigenvalue weighted by Crippen LogP contribution is 2.29. The molecule has 1 aliphatic rings. The van der Waals surface area contributed by atoms with Gasteiger partial charge in [0.1, 0.15) is 0 Å². The van der Waals surface area contributed by atoms with Gasteiger partial charge in [-0.3, -0.25) is 4.98 Å². The summed E-state index contributed by atoms with van der Waals surface area (Å²) in [7, 11) is 1.96. The highest BCUT2D eigenvalue weighted by atomic mass is 16.5. The molecule has 1 fully saturated rings. The number of aryl methyl sites for hydroxylation is 1. The van der Waals surface area contributed by atoms with Crippen molar-refractivity contribution in [2.75, 3.05) is 37.0 Å². The van der Waals surface area contributed by atoms with E-state index in [2.05, 4.69) is 53.3 Å². The van der Waals surface area contributed by atoms with Crippen LogP contribution in [0.4, 0.5) is 11.4 Å². The molecule has 1 saturated heterocycles. The van der Waals surface area contributed by atoms with Crippen molar-refractivity contribution in [2.24, 2.45) is 0 Å². The summed E-state index contributed by atoms with van der Waals surface area (Å²) in [5.74, 6) is 0. The maximum Gasteiger partial charge on any atom is 0.0801 e. The Morgan fingerprint density at radius 2 is 2.10 bits per heavy atom. The zero-order chi connectivity index (χ0) is 15.0. The van der Waals surface area contributed by atoms with E-state index < -0.39 is 0 Å². The van der Waals surface area contributed by atoms with Crippen LogP contribution in [-0.4, -0.2) is 37.3 Å². The SMILES string of the molecule is CNc1cc(C)nc2ccc(N3CCOC(C)(C)C3)cc12. The van der Waals surface area contributed by atoms with Crippen LogP contribution in [0.25, 0.3) is 10.9 Å². The number of nitrogens with one attached hydrogen (secondary N) is 1. The first kappa shape index (κ1) is 14.1. The molecule has 4 nitrogen and oxygen atoms in total. The summed E-state index contributed by atoms with van der Waals surface area (Å²) in [5, 5.41) is 4.45. The van der Waals surface area contributed by atoms with E-state index in [1.165, 1.54) is 11.1 Å². The van der Waals surface area contributed by atoms with Crippen molar-refractivity contribution < 1.29 is 4.74 Å². The number of anilines is 2. The van der Waals surface area contributed by atoms with Gasteiger partial charge < -0.3 is 15.0 Å². The third-order valence-electron chi connectivity index (χ3n) is 3.98. The van der Waals surface area contributed by atoms with Gasteiger partial charge >= 0.3 is 0 Å². The highest BCUT2D eigenvalue weighted by Gasteiger charge is 2.27. The standard InChI is InChI=1S/C17H23N3O/c1-12-9-16(18-4)14-10-13(5-6-15(14)19-12)20-7-8-21-17(2,3)11-20/h5-6,9-10H,7-8,11H2,1-4H3,(H,18,19). The van der Waals surface area contributed by atoms with Crippen molar-refractivity contribution in [3.8, 4) is 0 Å². The Labute approximate surface area is 126 Å². The molecular weight excluding hydrogens is 262 g/mol. The van der Waals surface area contributed by atoms with Crippen molar-refractivity contribution in [1.29, 1.82) is 0 Å². The summed E-state index contributed by atoms with van der Waals surface area (Å²) in [6.45, 7) is 8.93. The van der Waals surface area contributed by atoms with Gasteiger partial charge in [0.25, 0.3) is 0 Å². The fraction of sp³-hybridized carbons (Fsp3) is 0.471. The first-order chi connectivity index (χ1) is 9.98. The van der Waals surface area contributed by atoms with Crippen LogP contribution >= 0.6 is 0 Å². The van der Waals surface area contributed by atoms with Gasteiger partial charge in [-0.1, -0.05) is 0 Å². The smallest absolute Gasteiger partial charge is 0.0801 e. The first-order valence-electron chi connectivity index (χ1n) is 7.47. The molecule has 112 valence electrons. The Morgan fingerprint density at radius 1 is 1.29 bits per heavy atom. The molecule has 0 aliphatic carbocycles. The number of fused-ring (bicyclic) bond motifs is 1. The second kappa shape index (κ2) is 5.19. The average molecular weight is 285 g/mol. The quantitative estimate of drug-likeness (QED) is 0.919. The summed E-state index contributed by atoms with van der Waals surface area (Å²) in [6.07, 6.45) is 0. The molecule has 0 atom stereocenters. The van der Waals surface area contributed by atoms with E-state index in [4.69, 9.17) is 4.74 Å². The Morgan fingerprint density at radius 3 is 2.81 bits per heavy atom. The Kier molecular flexibility index (Phi) is 3.49. The summed E-state index contributed by atoms with van der Waals surface area (Å²) >= 11 is 0. The van der Waals surface area contributed by atoms with Gasteiger partial charge in [0, 0.05) is 42.6 Å². The molecular formula is C17H23N3O. The molecule has 1 aromatic carbocycles. The van der Waals surface area contributed by atoms with E-state index >= 15 is 0 Å². The zero-order valence-electron chi connectivity index (χ0n) is 13.2. The van der Waals surface area contributed by atoms with Crippen LogP contribution in [0.5, 0.6) is 0 Å². The molecule has 0 spiro atoms. The molecule has 4 heteroatoms. The number of nitrogens with zero attached hydrogens (tertiary/aromatic N) is 2. The summed E-state index contributed by atoms with van der Waals surface area (Å²) < 4.78 is 5.80. The lowest BCUT2D eigenvalue weighted by atomic mass is 10.1. The fourth-order valence-corrected chi connectivity index (χ4v) is 2.99. The summed E-state index contributed by atoms with van der Waals surface area (Å²) in [4.78, 5) is 7.01. The van der Waals surface area contributed by atoms with Crippen molar-refractivity contribution in [3.63, 3.8) is 0 Å². The molecule has 1 aliphatic heterocycles. The summed E-state index contributed by atoms with van der Waals surface area (Å²) in [5.41, 5.74) is 4.35. The highest BCUT2D eigenvalue weighted by molar-refractivity contribution is 5.93. The number of hydrogen-bond acceptors (Lipinski definition) is 4. The number of pyridine rings is 1. The van der Waals surface area contributed by atoms with Crippen LogP contribution in [0.2, 0.25) is 0 Å². The largest absolute Gasteiger partial charge is 0.388 e. The molecule has 1 aromatic heterocycles. The lowest BCUT2D eigenvalue weighted by molar-refractivity contribution is -0.0276. The predicted octanol–water partition coefficient (Wildman–Crippen LogP) is 3.20. The number of aromatic nitrogens is 1. The second-order valence-electron chi connectivity index (χ2n) is 6.29. The van der Waals surface area contributed by atoms with Crippen LogP contribution in [0.15, 0.2) is 24.3 Å². The monoisotopic (exact) mass is 285 g/mol. The maximum absolute atomic E-state index is 5.80. The molecule has 2 aromatic rings. The Bertz CT molecular complexity index is 666. The minimum Gasteiger partial charge on any atom is -0.388 e. The Hall–Kier alpha value is -1.81. The van der Waals surface area contributed by atoms with Crippen molar-refractivity contribution in [3.05, 3.63) is 30.0 Å². The van der Waals surface area contributed by atoms with Crippen LogP contribution in [0, 0.1) is 6.92 Å². The van der Waals surface area contributed by atoms with Gasteiger partial charge in [-0.25, -0.2) is 0 Å². The lowest BCUT2D eigenvalue weighted by Gasteiger charge is -2.39. The van der Waals surface area contributed by atoms with E-state index in [0.29, 0.717) is 0 Å². The van der Waals surface area contributed by atoms with Crippen LogP contribution in [0.3, 0.4) is 0 Å². The number of morpholine rings is 1. The van der Waals surface area contributed by atoms with E-state index in [-0.39, 0.29) is 5.60 Å². The van der Waals surface area contributed by atoms with Crippen molar-refractivity contribution in [1.82, 2.24) is 4.98 Å². The van der Waals surface area contributed by atoms with E-state index in [1.54, 1.807) is 0 Å². The fourth-order valence-electron chi connectivity index (χ4n) is 2.99. The molecule has 0 bridgehead atoms. The molecule has 1 N–H and O–H groups in total. The van der Waals surface area contributed by atoms with Gasteiger partial charge in [-0.2, -0.15) is 0 Å². The third-order valence-corrected chi connectivity index (χ3v) is 3.98. The lowest BCUT2D eigenvalue weighted by Crippen LogP contribution is -2.48. The second-order valence-corrected chi connectivity index (χ2v) is 6.29. The number of hydrogen-bond donors (Lipinski definition) is 1. The van der Waals surface area contributed by atoms with Gasteiger partial charge in [-0.15, -0.1) is 0 Å². The van der Waals surface area contributed by atoms with Gasteiger partial charge in [0.2, 0.25) is 0 Å². The van der Waals surface area contributed by atoms with E-state index in [9.17, 15) is 0 Å². The van der Waals surface area contributed by atoms with Crippen LogP contribution in [-0.2, 0) is 4.74 Å². The van der Waals surface area contributed by atoms with Gasteiger partial charge in [0.15, 0.2) is 0 Å². The summed E-state index contributed by atoms with van der Waals surface area (Å²) in [6, 6.07) is 8.60. The minimum absolute atomic E-state index is 0.0927. The number of ether oxygens (including phenoxy) is 1.